The van der Waals surface area contributed by atoms with Crippen LogP contribution >= 0.6 is 0 Å². The summed E-state index contributed by atoms with van der Waals surface area (Å²) in [5, 5.41) is 4.08. The third kappa shape index (κ3) is 4.57. The number of fused-ring (bicyclic) bond motifs is 1. The van der Waals surface area contributed by atoms with Crippen molar-refractivity contribution < 1.29 is 14.3 Å². The number of carbonyl (C=O) groups is 1. The molecule has 1 heterocycles. The standard InChI is InChI=1S/C22H27N3O3/c1-5-25(14-16-6-8-19-17(12-16)10-11-23-19)22(26)24-18-7-9-20(28-15(2)3)21(13-18)27-4/h6-13,15,23H,5,14H2,1-4H3,(H,24,26). The van der Waals surface area contributed by atoms with Crippen LogP contribution in [0.5, 0.6) is 11.5 Å². The van der Waals surface area contributed by atoms with Gasteiger partial charge in [-0.25, -0.2) is 4.79 Å². The van der Waals surface area contributed by atoms with Gasteiger partial charge in [-0.15, -0.1) is 0 Å². The van der Waals surface area contributed by atoms with E-state index in [-0.39, 0.29) is 12.1 Å². The third-order valence-corrected chi connectivity index (χ3v) is 4.44. The molecule has 6 heteroatoms. The van der Waals surface area contributed by atoms with Crippen LogP contribution in [0.25, 0.3) is 10.9 Å². The largest absolute Gasteiger partial charge is 0.493 e. The maximum atomic E-state index is 12.8. The fourth-order valence-corrected chi connectivity index (χ4v) is 3.05. The first-order valence-corrected chi connectivity index (χ1v) is 9.46. The molecule has 1 aromatic heterocycles. The zero-order valence-corrected chi connectivity index (χ0v) is 16.8. The highest BCUT2D eigenvalue weighted by molar-refractivity contribution is 5.90. The molecule has 2 amide bonds. The highest BCUT2D eigenvalue weighted by Gasteiger charge is 2.14. The van der Waals surface area contributed by atoms with Crippen molar-refractivity contribution in [2.45, 2.75) is 33.4 Å². The Morgan fingerprint density at radius 2 is 1.96 bits per heavy atom. The predicted octanol–water partition coefficient (Wildman–Crippen LogP) is 5.02. The number of H-pyrrole nitrogens is 1. The number of methoxy groups -OCH3 is 1. The number of benzene rings is 2. The summed E-state index contributed by atoms with van der Waals surface area (Å²) in [7, 11) is 1.59. The zero-order valence-electron chi connectivity index (χ0n) is 16.8. The van der Waals surface area contributed by atoms with Gasteiger partial charge < -0.3 is 24.7 Å². The molecule has 2 aromatic carbocycles. The maximum Gasteiger partial charge on any atom is 0.322 e. The Bertz CT molecular complexity index is 949. The SMILES string of the molecule is CCN(Cc1ccc2[nH]ccc2c1)C(=O)Nc1ccc(OC(C)C)c(OC)c1. The van der Waals surface area contributed by atoms with E-state index in [0.717, 1.165) is 16.5 Å². The van der Waals surface area contributed by atoms with Crippen molar-refractivity contribution in [1.82, 2.24) is 9.88 Å². The van der Waals surface area contributed by atoms with E-state index in [2.05, 4.69) is 16.4 Å². The first-order chi connectivity index (χ1) is 13.5. The van der Waals surface area contributed by atoms with Crippen LogP contribution in [0.3, 0.4) is 0 Å². The van der Waals surface area contributed by atoms with Crippen LogP contribution in [0.2, 0.25) is 0 Å². The number of hydrogen-bond acceptors (Lipinski definition) is 3. The minimum atomic E-state index is -0.156. The number of aromatic amines is 1. The number of amides is 2. The van der Waals surface area contributed by atoms with Crippen LogP contribution in [0.4, 0.5) is 10.5 Å². The van der Waals surface area contributed by atoms with Crippen molar-refractivity contribution in [3.8, 4) is 11.5 Å². The fraction of sp³-hybridized carbons (Fsp3) is 0.318. The first-order valence-electron chi connectivity index (χ1n) is 9.46. The lowest BCUT2D eigenvalue weighted by Crippen LogP contribution is -2.34. The van der Waals surface area contributed by atoms with Crippen molar-refractivity contribution >= 4 is 22.6 Å². The van der Waals surface area contributed by atoms with Crippen molar-refractivity contribution in [3.05, 3.63) is 54.2 Å². The van der Waals surface area contributed by atoms with Crippen LogP contribution in [-0.2, 0) is 6.54 Å². The smallest absolute Gasteiger partial charge is 0.322 e. The van der Waals surface area contributed by atoms with Gasteiger partial charge in [-0.2, -0.15) is 0 Å². The summed E-state index contributed by atoms with van der Waals surface area (Å²) in [6, 6.07) is 13.4. The van der Waals surface area contributed by atoms with Crippen LogP contribution in [-0.4, -0.2) is 35.7 Å². The Hall–Kier alpha value is -3.15. The number of urea groups is 1. The number of carbonyl (C=O) groups excluding carboxylic acids is 1. The van der Waals surface area contributed by atoms with Gasteiger partial charge in [0.2, 0.25) is 0 Å². The second-order valence-electron chi connectivity index (χ2n) is 6.88. The molecule has 28 heavy (non-hydrogen) atoms. The summed E-state index contributed by atoms with van der Waals surface area (Å²) in [5.41, 5.74) is 2.84. The maximum absolute atomic E-state index is 12.8. The van der Waals surface area contributed by atoms with E-state index >= 15 is 0 Å². The molecule has 148 valence electrons. The first kappa shape index (κ1) is 19.6. The van der Waals surface area contributed by atoms with E-state index in [4.69, 9.17) is 9.47 Å². The zero-order chi connectivity index (χ0) is 20.1. The normalized spacial score (nSPS) is 10.9. The average molecular weight is 381 g/mol. The number of nitrogens with one attached hydrogen (secondary N) is 2. The average Bonchev–Trinajstić information content (AvgIpc) is 3.14. The van der Waals surface area contributed by atoms with Gasteiger partial charge in [0, 0.05) is 36.6 Å². The van der Waals surface area contributed by atoms with E-state index in [9.17, 15) is 4.79 Å². The lowest BCUT2D eigenvalue weighted by molar-refractivity contribution is 0.212. The van der Waals surface area contributed by atoms with Crippen molar-refractivity contribution in [1.29, 1.82) is 0 Å². The van der Waals surface area contributed by atoms with Crippen LogP contribution in [0.1, 0.15) is 26.3 Å². The Morgan fingerprint density at radius 1 is 1.14 bits per heavy atom. The van der Waals surface area contributed by atoms with Gasteiger partial charge in [-0.3, -0.25) is 0 Å². The van der Waals surface area contributed by atoms with Crippen molar-refractivity contribution in [2.75, 3.05) is 19.0 Å². The van der Waals surface area contributed by atoms with E-state index in [1.165, 1.54) is 0 Å². The monoisotopic (exact) mass is 381 g/mol. The van der Waals surface area contributed by atoms with Gasteiger partial charge in [-0.1, -0.05) is 6.07 Å². The highest BCUT2D eigenvalue weighted by atomic mass is 16.5. The minimum absolute atomic E-state index is 0.0438. The second kappa shape index (κ2) is 8.69. The Morgan fingerprint density at radius 3 is 2.68 bits per heavy atom. The predicted molar refractivity (Wildman–Crippen MR) is 112 cm³/mol. The number of ether oxygens (including phenoxy) is 2. The molecule has 0 fully saturated rings. The number of anilines is 1. The van der Waals surface area contributed by atoms with Crippen LogP contribution in [0, 0.1) is 0 Å². The number of nitrogens with zero attached hydrogens (tertiary/aromatic N) is 1. The second-order valence-corrected chi connectivity index (χ2v) is 6.88. The molecule has 0 unspecified atom stereocenters. The van der Waals surface area contributed by atoms with E-state index in [1.54, 1.807) is 18.1 Å². The van der Waals surface area contributed by atoms with Crippen molar-refractivity contribution in [2.24, 2.45) is 0 Å². The van der Waals surface area contributed by atoms with Gasteiger partial charge in [0.25, 0.3) is 0 Å². The quantitative estimate of drug-likeness (QED) is 0.604. The molecule has 0 saturated heterocycles. The molecule has 6 nitrogen and oxygen atoms in total. The Balaban J connectivity index is 1.70. The molecule has 2 N–H and O–H groups in total. The molecule has 0 saturated carbocycles. The molecule has 0 aliphatic carbocycles. The van der Waals surface area contributed by atoms with Gasteiger partial charge in [0.05, 0.1) is 13.2 Å². The highest BCUT2D eigenvalue weighted by Crippen LogP contribution is 2.31. The summed E-state index contributed by atoms with van der Waals surface area (Å²) in [6.07, 6.45) is 1.96. The molecule has 0 aliphatic heterocycles. The summed E-state index contributed by atoms with van der Waals surface area (Å²) in [6.45, 7) is 7.02. The number of rotatable bonds is 7. The van der Waals surface area contributed by atoms with Crippen LogP contribution < -0.4 is 14.8 Å². The molecule has 0 radical (unpaired) electrons. The summed E-state index contributed by atoms with van der Waals surface area (Å²) in [4.78, 5) is 17.7. The molecule has 3 aromatic rings. The minimum Gasteiger partial charge on any atom is -0.493 e. The molecule has 3 rings (SSSR count). The van der Waals surface area contributed by atoms with Gasteiger partial charge in [0.1, 0.15) is 0 Å². The van der Waals surface area contributed by atoms with Crippen molar-refractivity contribution in [3.63, 3.8) is 0 Å². The molecule has 0 bridgehead atoms. The molecule has 0 atom stereocenters. The van der Waals surface area contributed by atoms with Crippen LogP contribution in [0.15, 0.2) is 48.7 Å². The van der Waals surface area contributed by atoms with E-state index in [0.29, 0.717) is 30.3 Å². The third-order valence-electron chi connectivity index (χ3n) is 4.44. The molecular formula is C22H27N3O3. The van der Waals surface area contributed by atoms with Gasteiger partial charge in [-0.05, 0) is 62.1 Å². The summed E-state index contributed by atoms with van der Waals surface area (Å²) >= 11 is 0. The molecule has 0 aliphatic rings. The Labute approximate surface area is 165 Å². The lowest BCUT2D eigenvalue weighted by atomic mass is 10.1. The number of hydrogen-bond donors (Lipinski definition) is 2. The fourth-order valence-electron chi connectivity index (χ4n) is 3.05. The van der Waals surface area contributed by atoms with Gasteiger partial charge >= 0.3 is 6.03 Å². The lowest BCUT2D eigenvalue weighted by Gasteiger charge is -2.22. The summed E-state index contributed by atoms with van der Waals surface area (Å²) in [5.74, 6) is 1.25. The molecule has 0 spiro atoms. The summed E-state index contributed by atoms with van der Waals surface area (Å²) < 4.78 is 11.1. The van der Waals surface area contributed by atoms with Gasteiger partial charge in [0.15, 0.2) is 11.5 Å². The van der Waals surface area contributed by atoms with E-state index < -0.39 is 0 Å². The number of aromatic nitrogens is 1. The van der Waals surface area contributed by atoms with E-state index in [1.807, 2.05) is 57.3 Å². The topological polar surface area (TPSA) is 66.6 Å². The Kier molecular flexibility index (Phi) is 6.09. The molecular weight excluding hydrogens is 354 g/mol.